The highest BCUT2D eigenvalue weighted by Crippen LogP contribution is 2.27. The number of benzene rings is 1. The number of aryl methyl sites for hydroxylation is 2. The number of fused-ring (bicyclic) bond motifs is 1. The molecule has 0 radical (unpaired) electrons. The van der Waals surface area contributed by atoms with Crippen LogP contribution in [0.15, 0.2) is 18.2 Å². The van der Waals surface area contributed by atoms with Gasteiger partial charge in [-0.3, -0.25) is 4.57 Å². The Labute approximate surface area is 124 Å². The molecule has 0 bridgehead atoms. The second kappa shape index (κ2) is 4.75. The van der Waals surface area contributed by atoms with E-state index < -0.39 is 0 Å². The van der Waals surface area contributed by atoms with E-state index in [9.17, 15) is 4.39 Å². The maximum atomic E-state index is 14.1. The van der Waals surface area contributed by atoms with E-state index in [-0.39, 0.29) is 11.7 Å². The van der Waals surface area contributed by atoms with Gasteiger partial charge in [-0.1, -0.05) is 11.6 Å². The van der Waals surface area contributed by atoms with Gasteiger partial charge in [-0.15, -0.1) is 11.6 Å². The van der Waals surface area contributed by atoms with Gasteiger partial charge >= 0.3 is 0 Å². The van der Waals surface area contributed by atoms with Crippen LogP contribution in [0.3, 0.4) is 0 Å². The third-order valence-corrected chi connectivity index (χ3v) is 3.61. The van der Waals surface area contributed by atoms with Crippen LogP contribution in [0.2, 0.25) is 5.02 Å². The summed E-state index contributed by atoms with van der Waals surface area (Å²) in [7, 11) is 1.79. The molecule has 0 atom stereocenters. The zero-order chi connectivity index (χ0) is 14.4. The van der Waals surface area contributed by atoms with Crippen LogP contribution in [0.1, 0.15) is 11.5 Å². The smallest absolute Gasteiger partial charge is 0.163 e. The van der Waals surface area contributed by atoms with Gasteiger partial charge in [-0.05, 0) is 25.1 Å². The maximum absolute atomic E-state index is 14.1. The molecule has 0 unspecified atom stereocenters. The van der Waals surface area contributed by atoms with Gasteiger partial charge in [0.15, 0.2) is 5.65 Å². The summed E-state index contributed by atoms with van der Waals surface area (Å²) in [6.45, 7) is 1.85. The summed E-state index contributed by atoms with van der Waals surface area (Å²) in [5.74, 6) is 0.331. The Balaban J connectivity index is 2.42. The van der Waals surface area contributed by atoms with Crippen molar-refractivity contribution >= 4 is 34.4 Å². The molecule has 104 valence electrons. The molecular formula is C13H11Cl2FN4. The number of rotatable bonds is 2. The second-order valence-corrected chi connectivity index (χ2v) is 5.18. The lowest BCUT2D eigenvalue weighted by Crippen LogP contribution is -2.06. The van der Waals surface area contributed by atoms with Crippen LogP contribution in [-0.2, 0) is 12.9 Å². The molecule has 0 saturated carbocycles. The van der Waals surface area contributed by atoms with E-state index in [1.807, 2.05) is 6.92 Å². The molecular weight excluding hydrogens is 302 g/mol. The average Bonchev–Trinajstić information content (AvgIpc) is 2.92. The Kier molecular flexibility index (Phi) is 3.18. The molecule has 2 aromatic heterocycles. The second-order valence-electron chi connectivity index (χ2n) is 4.47. The fourth-order valence-electron chi connectivity index (χ4n) is 2.32. The molecule has 0 spiro atoms. The quantitative estimate of drug-likeness (QED) is 0.678. The van der Waals surface area contributed by atoms with Crippen LogP contribution >= 0.6 is 23.2 Å². The SMILES string of the molecule is Cc1nn(C)c2c1nc(CCl)n2-c1cc(Cl)ccc1F. The van der Waals surface area contributed by atoms with E-state index in [0.717, 1.165) is 5.69 Å². The third-order valence-electron chi connectivity index (χ3n) is 3.14. The first-order valence-electron chi connectivity index (χ1n) is 5.95. The van der Waals surface area contributed by atoms with Gasteiger partial charge < -0.3 is 0 Å². The summed E-state index contributed by atoms with van der Waals surface area (Å²) in [6, 6.07) is 4.38. The Morgan fingerprint density at radius 1 is 1.35 bits per heavy atom. The van der Waals surface area contributed by atoms with Gasteiger partial charge in [-0.25, -0.2) is 14.1 Å². The molecule has 20 heavy (non-hydrogen) atoms. The minimum absolute atomic E-state index is 0.167. The first-order chi connectivity index (χ1) is 9.52. The fraction of sp³-hybridized carbons (Fsp3) is 0.231. The first kappa shape index (κ1) is 13.4. The molecule has 0 aliphatic carbocycles. The Morgan fingerprint density at radius 2 is 2.10 bits per heavy atom. The lowest BCUT2D eigenvalue weighted by atomic mass is 10.3. The van der Waals surface area contributed by atoms with E-state index in [1.165, 1.54) is 12.1 Å². The van der Waals surface area contributed by atoms with Crippen molar-refractivity contribution in [1.29, 1.82) is 0 Å². The Hall–Kier alpha value is -1.59. The molecule has 0 aliphatic rings. The summed E-state index contributed by atoms with van der Waals surface area (Å²) in [4.78, 5) is 4.44. The molecule has 0 fully saturated rings. The van der Waals surface area contributed by atoms with Gasteiger partial charge in [-0.2, -0.15) is 5.10 Å². The zero-order valence-electron chi connectivity index (χ0n) is 10.9. The monoisotopic (exact) mass is 312 g/mol. The highest BCUT2D eigenvalue weighted by Gasteiger charge is 2.20. The fourth-order valence-corrected chi connectivity index (χ4v) is 2.66. The maximum Gasteiger partial charge on any atom is 0.163 e. The van der Waals surface area contributed by atoms with Gasteiger partial charge in [0.2, 0.25) is 0 Å². The number of halogens is 3. The molecule has 0 saturated heterocycles. The van der Waals surface area contributed by atoms with Gasteiger partial charge in [0.1, 0.15) is 17.2 Å². The van der Waals surface area contributed by atoms with Crippen molar-refractivity contribution in [2.75, 3.05) is 0 Å². The van der Waals surface area contributed by atoms with Crippen molar-refractivity contribution in [2.24, 2.45) is 7.05 Å². The van der Waals surface area contributed by atoms with Crippen molar-refractivity contribution in [3.63, 3.8) is 0 Å². The topological polar surface area (TPSA) is 35.6 Å². The van der Waals surface area contributed by atoms with Crippen LogP contribution < -0.4 is 0 Å². The largest absolute Gasteiger partial charge is 0.277 e. The number of hydrogen-bond donors (Lipinski definition) is 0. The van der Waals surface area contributed by atoms with Crippen LogP contribution in [0.25, 0.3) is 16.9 Å². The lowest BCUT2D eigenvalue weighted by Gasteiger charge is -2.09. The summed E-state index contributed by atoms with van der Waals surface area (Å²) >= 11 is 11.9. The van der Waals surface area contributed by atoms with E-state index >= 15 is 0 Å². The predicted octanol–water partition coefficient (Wildman–Crippen LogP) is 3.60. The molecule has 0 aliphatic heterocycles. The van der Waals surface area contributed by atoms with Gasteiger partial charge in [0.25, 0.3) is 0 Å². The number of aromatic nitrogens is 4. The van der Waals surface area contributed by atoms with E-state index in [1.54, 1.807) is 22.4 Å². The highest BCUT2D eigenvalue weighted by molar-refractivity contribution is 6.30. The Bertz CT molecular complexity index is 806. The minimum Gasteiger partial charge on any atom is -0.277 e. The van der Waals surface area contributed by atoms with Crippen LogP contribution in [0.5, 0.6) is 0 Å². The molecule has 4 nitrogen and oxygen atoms in total. The first-order valence-corrected chi connectivity index (χ1v) is 6.86. The molecule has 2 heterocycles. The van der Waals surface area contributed by atoms with E-state index in [2.05, 4.69) is 10.1 Å². The molecule has 3 rings (SSSR count). The molecule has 3 aromatic rings. The van der Waals surface area contributed by atoms with Crippen LogP contribution in [0, 0.1) is 12.7 Å². The number of hydrogen-bond acceptors (Lipinski definition) is 2. The summed E-state index contributed by atoms with van der Waals surface area (Å²) < 4.78 is 17.5. The van der Waals surface area contributed by atoms with Crippen molar-refractivity contribution in [2.45, 2.75) is 12.8 Å². The molecule has 7 heteroatoms. The summed E-state index contributed by atoms with van der Waals surface area (Å²) in [6.07, 6.45) is 0. The average molecular weight is 313 g/mol. The van der Waals surface area contributed by atoms with Gasteiger partial charge in [0, 0.05) is 12.1 Å². The number of nitrogens with zero attached hydrogens (tertiary/aromatic N) is 4. The zero-order valence-corrected chi connectivity index (χ0v) is 12.4. The lowest BCUT2D eigenvalue weighted by molar-refractivity contribution is 0.615. The predicted molar refractivity (Wildman–Crippen MR) is 77.1 cm³/mol. The number of alkyl halides is 1. The highest BCUT2D eigenvalue weighted by atomic mass is 35.5. The van der Waals surface area contributed by atoms with Crippen molar-refractivity contribution in [3.8, 4) is 5.69 Å². The standard InChI is InChI=1S/C13H11Cl2FN4/c1-7-12-13(19(2)18-7)20(11(6-14)17-12)10-5-8(15)3-4-9(10)16/h3-5H,6H2,1-2H3. The summed E-state index contributed by atoms with van der Waals surface area (Å²) in [5.41, 5.74) is 2.50. The van der Waals surface area contributed by atoms with Crippen molar-refractivity contribution in [1.82, 2.24) is 19.3 Å². The van der Waals surface area contributed by atoms with Gasteiger partial charge in [0.05, 0.1) is 17.3 Å². The Morgan fingerprint density at radius 3 is 2.80 bits per heavy atom. The van der Waals surface area contributed by atoms with Crippen molar-refractivity contribution in [3.05, 3.63) is 40.6 Å². The van der Waals surface area contributed by atoms with Crippen LogP contribution in [-0.4, -0.2) is 19.3 Å². The summed E-state index contributed by atoms with van der Waals surface area (Å²) in [5, 5.41) is 4.75. The minimum atomic E-state index is -0.390. The third kappa shape index (κ3) is 1.89. The normalized spacial score (nSPS) is 11.4. The van der Waals surface area contributed by atoms with Crippen molar-refractivity contribution < 1.29 is 4.39 Å². The molecule has 0 amide bonds. The molecule has 1 aromatic carbocycles. The molecule has 0 N–H and O–H groups in total. The van der Waals surface area contributed by atoms with Crippen LogP contribution in [0.4, 0.5) is 4.39 Å². The number of imidazole rings is 1. The van der Waals surface area contributed by atoms with E-state index in [0.29, 0.717) is 27.7 Å². The van der Waals surface area contributed by atoms with E-state index in [4.69, 9.17) is 23.2 Å².